The Labute approximate surface area is 192 Å². The maximum Gasteiger partial charge on any atom is 0.329 e. The largest absolute Gasteiger partial charge is 0.329 e. The summed E-state index contributed by atoms with van der Waals surface area (Å²) >= 11 is 0. The normalized spacial score (nSPS) is 15.0. The van der Waals surface area contributed by atoms with Crippen molar-refractivity contribution in [2.75, 3.05) is 0 Å². The fourth-order valence-electron chi connectivity index (χ4n) is 5.31. The summed E-state index contributed by atoms with van der Waals surface area (Å²) in [5, 5.41) is 5.32. The lowest BCUT2D eigenvalue weighted by Crippen LogP contribution is -2.27. The number of pyridine rings is 1. The van der Waals surface area contributed by atoms with Gasteiger partial charge in [-0.25, -0.2) is 4.79 Å². The van der Waals surface area contributed by atoms with Gasteiger partial charge >= 0.3 is 5.69 Å². The minimum atomic E-state index is 0.0671. The van der Waals surface area contributed by atoms with Crippen LogP contribution in [0.2, 0.25) is 0 Å². The van der Waals surface area contributed by atoms with Crippen molar-refractivity contribution in [3.05, 3.63) is 71.5 Å². The van der Waals surface area contributed by atoms with Crippen molar-refractivity contribution < 1.29 is 0 Å². The molecule has 0 spiro atoms. The third kappa shape index (κ3) is 3.28. The fraction of sp³-hybridized carbons (Fsp3) is 0.296. The van der Waals surface area contributed by atoms with Gasteiger partial charge in [-0.2, -0.15) is 5.10 Å². The van der Waals surface area contributed by atoms with E-state index in [1.165, 1.54) is 19.3 Å². The van der Waals surface area contributed by atoms with Gasteiger partial charge in [0.1, 0.15) is 0 Å². The van der Waals surface area contributed by atoms with Crippen molar-refractivity contribution in [1.82, 2.24) is 23.9 Å². The quantitative estimate of drug-likeness (QED) is 0.377. The zero-order chi connectivity index (χ0) is 22.5. The Morgan fingerprint density at radius 2 is 1.55 bits per heavy atom. The molecule has 1 fully saturated rings. The number of aryl methyl sites for hydroxylation is 2. The average molecular weight is 438 g/mol. The van der Waals surface area contributed by atoms with Crippen molar-refractivity contribution in [2.24, 2.45) is 14.1 Å². The molecule has 6 rings (SSSR count). The van der Waals surface area contributed by atoms with E-state index in [0.717, 1.165) is 57.0 Å². The predicted molar refractivity (Wildman–Crippen MR) is 132 cm³/mol. The minimum Gasteiger partial charge on any atom is -0.293 e. The van der Waals surface area contributed by atoms with Gasteiger partial charge in [-0.05, 0) is 41.7 Å². The summed E-state index contributed by atoms with van der Waals surface area (Å²) in [5.74, 6) is 0. The molecule has 0 radical (unpaired) electrons. The number of aromatic nitrogens is 5. The zero-order valence-electron chi connectivity index (χ0n) is 19.0. The molecule has 0 aliphatic heterocycles. The van der Waals surface area contributed by atoms with Crippen molar-refractivity contribution in [3.8, 4) is 22.3 Å². The van der Waals surface area contributed by atoms with Gasteiger partial charge in [0, 0.05) is 37.3 Å². The first-order valence-electron chi connectivity index (χ1n) is 11.7. The molecule has 6 nitrogen and oxygen atoms in total. The molecule has 0 saturated heterocycles. The fourth-order valence-corrected chi connectivity index (χ4v) is 5.31. The lowest BCUT2D eigenvalue weighted by atomic mass is 9.95. The highest BCUT2D eigenvalue weighted by molar-refractivity contribution is 6.04. The Morgan fingerprint density at radius 3 is 2.24 bits per heavy atom. The number of rotatable bonds is 3. The molecule has 0 bridgehead atoms. The maximum atomic E-state index is 13.3. The summed E-state index contributed by atoms with van der Waals surface area (Å²) in [5.41, 5.74) is 7.44. The highest BCUT2D eigenvalue weighted by Gasteiger charge is 2.23. The van der Waals surface area contributed by atoms with E-state index in [1.807, 2.05) is 41.9 Å². The van der Waals surface area contributed by atoms with Gasteiger partial charge in [-0.15, -0.1) is 0 Å². The third-order valence-corrected chi connectivity index (χ3v) is 7.11. The Kier molecular flexibility index (Phi) is 4.68. The molecular weight excluding hydrogens is 410 g/mol. The van der Waals surface area contributed by atoms with Crippen LogP contribution in [0.5, 0.6) is 0 Å². The van der Waals surface area contributed by atoms with E-state index in [9.17, 15) is 4.79 Å². The van der Waals surface area contributed by atoms with Gasteiger partial charge in [-0.3, -0.25) is 18.8 Å². The van der Waals surface area contributed by atoms with Gasteiger partial charge in [-0.1, -0.05) is 49.6 Å². The third-order valence-electron chi connectivity index (χ3n) is 7.11. The topological polar surface area (TPSA) is 57.6 Å². The molecule has 6 heteroatoms. The standard InChI is InChI=1S/C27H27N5O/c1-30-17-21(15-29-30)19-10-8-18(9-11-19)20-12-13-24-23(14-20)26-25(16-28-24)31(2)27(33)32(26)22-6-4-3-5-7-22/h8-17,22H,3-7H2,1-2H3. The smallest absolute Gasteiger partial charge is 0.293 e. The Morgan fingerprint density at radius 1 is 0.848 bits per heavy atom. The van der Waals surface area contributed by atoms with Gasteiger partial charge in [0.2, 0.25) is 0 Å². The van der Waals surface area contributed by atoms with Crippen LogP contribution in [0.4, 0.5) is 0 Å². The monoisotopic (exact) mass is 437 g/mol. The van der Waals surface area contributed by atoms with E-state index in [0.29, 0.717) is 0 Å². The molecule has 33 heavy (non-hydrogen) atoms. The van der Waals surface area contributed by atoms with Crippen LogP contribution in [0, 0.1) is 0 Å². The average Bonchev–Trinajstić information content (AvgIpc) is 3.40. The number of fused-ring (bicyclic) bond motifs is 3. The van der Waals surface area contributed by atoms with E-state index in [4.69, 9.17) is 0 Å². The number of hydrogen-bond acceptors (Lipinski definition) is 3. The summed E-state index contributed by atoms with van der Waals surface area (Å²) in [7, 11) is 3.79. The Balaban J connectivity index is 1.50. The molecule has 3 heterocycles. The van der Waals surface area contributed by atoms with Crippen molar-refractivity contribution in [2.45, 2.75) is 38.1 Å². The Bertz CT molecular complexity index is 1530. The van der Waals surface area contributed by atoms with E-state index in [1.54, 1.807) is 4.57 Å². The van der Waals surface area contributed by atoms with Crippen LogP contribution in [-0.4, -0.2) is 23.9 Å². The first-order chi connectivity index (χ1) is 16.1. The summed E-state index contributed by atoms with van der Waals surface area (Å²) in [6, 6.07) is 15.2. The van der Waals surface area contributed by atoms with Crippen molar-refractivity contribution >= 4 is 21.9 Å². The molecule has 0 atom stereocenters. The molecule has 0 unspecified atom stereocenters. The molecule has 166 valence electrons. The molecule has 5 aromatic rings. The molecule has 1 aliphatic carbocycles. The lowest BCUT2D eigenvalue weighted by Gasteiger charge is -2.23. The van der Waals surface area contributed by atoms with Crippen LogP contribution < -0.4 is 5.69 Å². The number of hydrogen-bond donors (Lipinski definition) is 0. The first-order valence-corrected chi connectivity index (χ1v) is 11.7. The van der Waals surface area contributed by atoms with Gasteiger partial charge in [0.25, 0.3) is 0 Å². The van der Waals surface area contributed by atoms with Gasteiger partial charge in [0.05, 0.1) is 28.9 Å². The van der Waals surface area contributed by atoms with Crippen molar-refractivity contribution in [1.29, 1.82) is 0 Å². The lowest BCUT2D eigenvalue weighted by molar-refractivity contribution is 0.351. The highest BCUT2D eigenvalue weighted by Crippen LogP contribution is 2.34. The maximum absolute atomic E-state index is 13.3. The predicted octanol–water partition coefficient (Wildman–Crippen LogP) is 5.46. The Hall–Kier alpha value is -3.67. The van der Waals surface area contributed by atoms with E-state index < -0.39 is 0 Å². The molecule has 0 amide bonds. The first kappa shape index (κ1) is 20.0. The zero-order valence-corrected chi connectivity index (χ0v) is 19.0. The summed E-state index contributed by atoms with van der Waals surface area (Å²) in [6.45, 7) is 0. The highest BCUT2D eigenvalue weighted by atomic mass is 16.1. The molecule has 1 saturated carbocycles. The molecular formula is C27H27N5O. The molecule has 3 aromatic heterocycles. The van der Waals surface area contributed by atoms with Gasteiger partial charge < -0.3 is 0 Å². The van der Waals surface area contributed by atoms with Crippen LogP contribution in [0.15, 0.2) is 65.8 Å². The summed E-state index contributed by atoms with van der Waals surface area (Å²) in [4.78, 5) is 17.9. The number of imidazole rings is 1. The summed E-state index contributed by atoms with van der Waals surface area (Å²) in [6.07, 6.45) is 11.5. The molecule has 1 aliphatic rings. The molecule has 2 aromatic carbocycles. The van der Waals surface area contributed by atoms with Crippen LogP contribution in [0.25, 0.3) is 44.2 Å². The van der Waals surface area contributed by atoms with Crippen LogP contribution in [0.1, 0.15) is 38.1 Å². The SMILES string of the molecule is Cn1cc(-c2ccc(-c3ccc4ncc5c(c4c3)n(C3CCCCC3)c(=O)n5C)cc2)cn1. The number of benzene rings is 2. The van der Waals surface area contributed by atoms with Crippen LogP contribution >= 0.6 is 0 Å². The van der Waals surface area contributed by atoms with Crippen molar-refractivity contribution in [3.63, 3.8) is 0 Å². The van der Waals surface area contributed by atoms with E-state index >= 15 is 0 Å². The number of nitrogens with zero attached hydrogens (tertiary/aromatic N) is 5. The van der Waals surface area contributed by atoms with Gasteiger partial charge in [0.15, 0.2) is 0 Å². The minimum absolute atomic E-state index is 0.0671. The second kappa shape index (κ2) is 7.73. The van der Waals surface area contributed by atoms with Crippen LogP contribution in [-0.2, 0) is 14.1 Å². The van der Waals surface area contributed by atoms with E-state index in [2.05, 4.69) is 52.5 Å². The molecule has 0 N–H and O–H groups in total. The summed E-state index contributed by atoms with van der Waals surface area (Å²) < 4.78 is 5.62. The van der Waals surface area contributed by atoms with Crippen LogP contribution in [0.3, 0.4) is 0 Å². The second-order valence-electron chi connectivity index (χ2n) is 9.21. The van der Waals surface area contributed by atoms with E-state index in [-0.39, 0.29) is 11.7 Å². The second-order valence-corrected chi connectivity index (χ2v) is 9.21.